The molecule has 0 fully saturated rings. The summed E-state index contributed by atoms with van der Waals surface area (Å²) in [5, 5.41) is 0. The van der Waals surface area contributed by atoms with Crippen LogP contribution in [0, 0.1) is 0 Å². The summed E-state index contributed by atoms with van der Waals surface area (Å²) in [6.45, 7) is 2.56. The first-order valence-electron chi connectivity index (χ1n) is 5.19. The zero-order valence-corrected chi connectivity index (χ0v) is 9.82. The first-order valence-corrected chi connectivity index (χ1v) is 6.44. The van der Waals surface area contributed by atoms with Crippen LogP contribution in [0.4, 0.5) is 8.78 Å². The van der Waals surface area contributed by atoms with Gasteiger partial charge in [0, 0.05) is 0 Å². The lowest BCUT2D eigenvalue weighted by Crippen LogP contribution is -2.03. The molecule has 0 aromatic rings. The summed E-state index contributed by atoms with van der Waals surface area (Å²) in [5.74, 6) is 0.144. The minimum Gasteiger partial charge on any atom is -0.291 e. The fourth-order valence-electron chi connectivity index (χ4n) is 1.00. The summed E-state index contributed by atoms with van der Waals surface area (Å²) < 4.78 is 39.2. The Bertz CT molecular complexity index is 204. The van der Waals surface area contributed by atoms with E-state index in [1.54, 1.807) is 0 Å². The molecule has 1 unspecified atom stereocenters. The molecular formula is C10H18F2O2S. The van der Waals surface area contributed by atoms with Crippen molar-refractivity contribution in [3.63, 3.8) is 0 Å². The molecule has 0 aliphatic carbocycles. The van der Waals surface area contributed by atoms with Gasteiger partial charge in [-0.05, 0) is 18.9 Å². The highest BCUT2D eigenvalue weighted by Crippen LogP contribution is 2.02. The van der Waals surface area contributed by atoms with E-state index in [4.69, 9.17) is 4.18 Å². The van der Waals surface area contributed by atoms with E-state index in [1.807, 2.05) is 0 Å². The van der Waals surface area contributed by atoms with Gasteiger partial charge in [-0.1, -0.05) is 26.2 Å². The van der Waals surface area contributed by atoms with E-state index >= 15 is 0 Å². The number of halogens is 2. The third-order valence-electron chi connectivity index (χ3n) is 1.80. The normalized spacial score (nSPS) is 12.5. The van der Waals surface area contributed by atoms with Crippen LogP contribution in [-0.2, 0) is 15.3 Å². The third kappa shape index (κ3) is 11.6. The van der Waals surface area contributed by atoms with Gasteiger partial charge in [0.1, 0.15) is 0 Å². The standard InChI is InChI=1S/C10H18F2O2S/c1-2-3-4-5-8-14-15(13)9-6-7-10(11)12/h7H,2-6,8-9H2,1H3. The number of allylic oxidation sites excluding steroid dienone is 1. The molecule has 0 rings (SSSR count). The first-order chi connectivity index (χ1) is 7.16. The Labute approximate surface area is 92.4 Å². The molecule has 15 heavy (non-hydrogen) atoms. The maximum absolute atomic E-state index is 11.6. The quantitative estimate of drug-likeness (QED) is 0.577. The largest absolute Gasteiger partial charge is 0.291 e. The van der Waals surface area contributed by atoms with E-state index < -0.39 is 17.2 Å². The van der Waals surface area contributed by atoms with Crippen molar-refractivity contribution in [2.24, 2.45) is 0 Å². The minimum absolute atomic E-state index is 0.101. The Hall–Kier alpha value is -0.290. The van der Waals surface area contributed by atoms with Crippen molar-refractivity contribution < 1.29 is 17.2 Å². The summed E-state index contributed by atoms with van der Waals surface area (Å²) in [6, 6.07) is 0. The Balaban J connectivity index is 3.30. The Morgan fingerprint density at radius 3 is 2.67 bits per heavy atom. The van der Waals surface area contributed by atoms with E-state index in [0.717, 1.165) is 31.8 Å². The smallest absolute Gasteiger partial charge is 0.266 e. The lowest BCUT2D eigenvalue weighted by atomic mass is 10.2. The van der Waals surface area contributed by atoms with Crippen LogP contribution in [0.5, 0.6) is 0 Å². The van der Waals surface area contributed by atoms with Gasteiger partial charge in [-0.3, -0.25) is 4.18 Å². The van der Waals surface area contributed by atoms with Crippen LogP contribution in [0.25, 0.3) is 0 Å². The second-order valence-electron chi connectivity index (χ2n) is 3.17. The highest BCUT2D eigenvalue weighted by Gasteiger charge is 1.99. The number of rotatable bonds is 9. The molecule has 0 spiro atoms. The van der Waals surface area contributed by atoms with Gasteiger partial charge in [0.25, 0.3) is 6.08 Å². The van der Waals surface area contributed by atoms with Crippen molar-refractivity contribution in [2.45, 2.75) is 39.0 Å². The predicted molar refractivity (Wildman–Crippen MR) is 58.0 cm³/mol. The molecule has 5 heteroatoms. The van der Waals surface area contributed by atoms with E-state index in [1.165, 1.54) is 0 Å². The lowest BCUT2D eigenvalue weighted by Gasteiger charge is -2.01. The Morgan fingerprint density at radius 2 is 2.07 bits per heavy atom. The summed E-state index contributed by atoms with van der Waals surface area (Å²) in [4.78, 5) is 0. The molecule has 0 heterocycles. The molecule has 0 radical (unpaired) electrons. The molecule has 1 atom stereocenters. The van der Waals surface area contributed by atoms with Crippen LogP contribution in [-0.4, -0.2) is 16.6 Å². The van der Waals surface area contributed by atoms with Crippen molar-refractivity contribution in [3.05, 3.63) is 12.2 Å². The van der Waals surface area contributed by atoms with Gasteiger partial charge >= 0.3 is 0 Å². The summed E-state index contributed by atoms with van der Waals surface area (Å²) >= 11 is -1.42. The molecule has 90 valence electrons. The third-order valence-corrected chi connectivity index (χ3v) is 2.79. The number of unbranched alkanes of at least 4 members (excludes halogenated alkanes) is 3. The molecule has 0 aliphatic heterocycles. The highest BCUT2D eigenvalue weighted by molar-refractivity contribution is 7.80. The summed E-state index contributed by atoms with van der Waals surface area (Å²) in [7, 11) is 0. The van der Waals surface area contributed by atoms with Gasteiger partial charge in [0.15, 0.2) is 11.1 Å². The van der Waals surface area contributed by atoms with Crippen molar-refractivity contribution in [2.75, 3.05) is 12.4 Å². The molecule has 0 aromatic heterocycles. The molecule has 0 saturated carbocycles. The number of hydrogen-bond donors (Lipinski definition) is 0. The van der Waals surface area contributed by atoms with Gasteiger partial charge in [-0.15, -0.1) is 0 Å². The molecule has 0 N–H and O–H groups in total. The average molecular weight is 240 g/mol. The SMILES string of the molecule is CCCCCCOS(=O)CCC=C(F)F. The molecule has 0 bridgehead atoms. The van der Waals surface area contributed by atoms with E-state index in [9.17, 15) is 13.0 Å². The van der Waals surface area contributed by atoms with Crippen LogP contribution in [0.2, 0.25) is 0 Å². The molecule has 0 aromatic carbocycles. The maximum Gasteiger partial charge on any atom is 0.266 e. The predicted octanol–water partition coefficient (Wildman–Crippen LogP) is 3.42. The van der Waals surface area contributed by atoms with Crippen LogP contribution >= 0.6 is 0 Å². The monoisotopic (exact) mass is 240 g/mol. The maximum atomic E-state index is 11.6. The fourth-order valence-corrected chi connectivity index (χ4v) is 1.74. The van der Waals surface area contributed by atoms with Crippen molar-refractivity contribution in [3.8, 4) is 0 Å². The van der Waals surface area contributed by atoms with Gasteiger partial charge in [0.05, 0.1) is 12.4 Å². The topological polar surface area (TPSA) is 26.3 Å². The van der Waals surface area contributed by atoms with Gasteiger partial charge in [-0.2, -0.15) is 8.78 Å². The summed E-state index contributed by atoms with van der Waals surface area (Å²) in [5.41, 5.74) is 0. The molecule has 0 saturated heterocycles. The molecule has 2 nitrogen and oxygen atoms in total. The van der Waals surface area contributed by atoms with Crippen molar-refractivity contribution in [1.82, 2.24) is 0 Å². The molecule has 0 aliphatic rings. The van der Waals surface area contributed by atoms with E-state index in [0.29, 0.717) is 6.61 Å². The number of hydrogen-bond acceptors (Lipinski definition) is 2. The molecular weight excluding hydrogens is 222 g/mol. The second kappa shape index (κ2) is 10.2. The minimum atomic E-state index is -1.73. The lowest BCUT2D eigenvalue weighted by molar-refractivity contribution is 0.333. The van der Waals surface area contributed by atoms with E-state index in [-0.39, 0.29) is 12.2 Å². The second-order valence-corrected chi connectivity index (χ2v) is 4.42. The van der Waals surface area contributed by atoms with Crippen molar-refractivity contribution >= 4 is 11.1 Å². The zero-order chi connectivity index (χ0) is 11.5. The Kier molecular flexibility index (Phi) is 10.0. The van der Waals surface area contributed by atoms with Crippen LogP contribution in [0.15, 0.2) is 12.2 Å². The van der Waals surface area contributed by atoms with Crippen molar-refractivity contribution in [1.29, 1.82) is 0 Å². The Morgan fingerprint density at radius 1 is 1.33 bits per heavy atom. The van der Waals surface area contributed by atoms with E-state index in [2.05, 4.69) is 6.92 Å². The fraction of sp³-hybridized carbons (Fsp3) is 0.800. The van der Waals surface area contributed by atoms with Crippen LogP contribution in [0.1, 0.15) is 39.0 Å². The van der Waals surface area contributed by atoms with Crippen LogP contribution < -0.4 is 0 Å². The van der Waals surface area contributed by atoms with Gasteiger partial charge in [-0.25, -0.2) is 4.21 Å². The average Bonchev–Trinajstić information content (AvgIpc) is 2.17. The zero-order valence-electron chi connectivity index (χ0n) is 9.01. The van der Waals surface area contributed by atoms with Gasteiger partial charge < -0.3 is 0 Å². The van der Waals surface area contributed by atoms with Gasteiger partial charge in [0.2, 0.25) is 0 Å². The first kappa shape index (κ1) is 14.7. The molecule has 0 amide bonds. The van der Waals surface area contributed by atoms with Crippen LogP contribution in [0.3, 0.4) is 0 Å². The summed E-state index contributed by atoms with van der Waals surface area (Å²) in [6.07, 6.45) is 3.37. The highest BCUT2D eigenvalue weighted by atomic mass is 32.2.